The van der Waals surface area contributed by atoms with Gasteiger partial charge in [0, 0.05) is 55.8 Å². The molecular weight excluding hydrogens is 681 g/mol. The van der Waals surface area contributed by atoms with Crippen molar-refractivity contribution in [3.05, 3.63) is 218 Å². The van der Waals surface area contributed by atoms with Crippen LogP contribution in [0.2, 0.25) is 0 Å². The zero-order chi connectivity index (χ0) is 37.3. The van der Waals surface area contributed by atoms with Crippen LogP contribution in [0.15, 0.2) is 218 Å². The molecule has 10 rings (SSSR count). The van der Waals surface area contributed by atoms with Crippen LogP contribution in [-0.2, 0) is 0 Å². The van der Waals surface area contributed by atoms with Crippen molar-refractivity contribution in [2.24, 2.45) is 0 Å². The summed E-state index contributed by atoms with van der Waals surface area (Å²) in [5.41, 5.74) is 14.2. The summed E-state index contributed by atoms with van der Waals surface area (Å²) in [6, 6.07) is 76.5. The van der Waals surface area contributed by atoms with Gasteiger partial charge >= 0.3 is 0 Å². The summed E-state index contributed by atoms with van der Waals surface area (Å²) in [4.78, 5) is 13.2. The third kappa shape index (κ3) is 6.00. The monoisotopic (exact) mass is 716 g/mol. The summed E-state index contributed by atoms with van der Waals surface area (Å²) in [5, 5.41) is 2.42. The summed E-state index contributed by atoms with van der Waals surface area (Å²) in [5.74, 6) is 0. The fourth-order valence-electron chi connectivity index (χ4n) is 7.78. The normalized spacial score (nSPS) is 11.2. The Bertz CT molecular complexity index is 2920. The van der Waals surface area contributed by atoms with Crippen molar-refractivity contribution in [3.8, 4) is 50.7 Å². The molecule has 0 radical (unpaired) electrons. The highest BCUT2D eigenvalue weighted by Gasteiger charge is 2.21. The molecule has 0 aliphatic rings. The van der Waals surface area contributed by atoms with E-state index < -0.39 is 0 Å². The van der Waals surface area contributed by atoms with E-state index in [4.69, 9.17) is 9.97 Å². The molecule has 0 aliphatic heterocycles. The summed E-state index contributed by atoms with van der Waals surface area (Å²) < 4.78 is 2.36. The number of nitrogens with zero attached hydrogens (tertiary/aromatic N) is 4. The van der Waals surface area contributed by atoms with Gasteiger partial charge in [0.05, 0.1) is 33.8 Å². The van der Waals surface area contributed by atoms with E-state index in [9.17, 15) is 0 Å². The van der Waals surface area contributed by atoms with E-state index in [0.717, 1.165) is 67.8 Å². The molecule has 8 aromatic carbocycles. The zero-order valence-corrected chi connectivity index (χ0v) is 30.6. The van der Waals surface area contributed by atoms with Gasteiger partial charge in [-0.15, -0.1) is 0 Å². The molecule has 0 saturated heterocycles. The molecule has 0 N–H and O–H groups in total. The van der Waals surface area contributed by atoms with Gasteiger partial charge in [0.1, 0.15) is 0 Å². The second kappa shape index (κ2) is 14.3. The topological polar surface area (TPSA) is 34.0 Å². The van der Waals surface area contributed by atoms with Gasteiger partial charge < -0.3 is 9.47 Å². The summed E-state index contributed by atoms with van der Waals surface area (Å²) in [7, 11) is 0. The third-order valence-corrected chi connectivity index (χ3v) is 10.4. The Hall–Kier alpha value is -7.56. The lowest BCUT2D eigenvalue weighted by molar-refractivity contribution is 1.18. The Morgan fingerprint density at radius 1 is 0.304 bits per heavy atom. The highest BCUT2D eigenvalue weighted by atomic mass is 15.1. The van der Waals surface area contributed by atoms with Gasteiger partial charge in [0.25, 0.3) is 0 Å². The Morgan fingerprint density at radius 3 is 1.23 bits per heavy atom. The Labute approximate surface area is 326 Å². The van der Waals surface area contributed by atoms with Crippen LogP contribution in [0.5, 0.6) is 0 Å². The predicted octanol–water partition coefficient (Wildman–Crippen LogP) is 13.7. The molecule has 0 fully saturated rings. The largest absolute Gasteiger partial charge is 0.310 e. The average Bonchev–Trinajstić information content (AvgIpc) is 3.62. The molecule has 2 heterocycles. The molecule has 264 valence electrons. The zero-order valence-electron chi connectivity index (χ0n) is 30.6. The highest BCUT2D eigenvalue weighted by molar-refractivity contribution is 6.10. The van der Waals surface area contributed by atoms with Crippen LogP contribution in [0, 0.1) is 0 Å². The lowest BCUT2D eigenvalue weighted by atomic mass is 9.99. The number of aromatic nitrogens is 3. The summed E-state index contributed by atoms with van der Waals surface area (Å²) >= 11 is 0. The lowest BCUT2D eigenvalue weighted by Gasteiger charge is -2.26. The minimum atomic E-state index is 0.836. The molecule has 0 amide bonds. The summed E-state index contributed by atoms with van der Waals surface area (Å²) in [6.07, 6.45) is 0. The van der Waals surface area contributed by atoms with Crippen molar-refractivity contribution in [3.63, 3.8) is 0 Å². The minimum absolute atomic E-state index is 0.836. The van der Waals surface area contributed by atoms with Gasteiger partial charge in [-0.2, -0.15) is 0 Å². The number of para-hydroxylation sites is 3. The van der Waals surface area contributed by atoms with E-state index in [1.807, 2.05) is 18.2 Å². The molecule has 10 aromatic rings. The number of hydrogen-bond donors (Lipinski definition) is 0. The molecule has 0 saturated carbocycles. The maximum atomic E-state index is 5.47. The highest BCUT2D eigenvalue weighted by Crippen LogP contribution is 2.42. The number of hydrogen-bond acceptors (Lipinski definition) is 3. The standard InChI is InChI=1S/C52H36N4/c1-6-18-37(19-7-1)49-50(38-20-8-2-9-21-38)54-52(51(53-49)39-22-10-3-11-23-39)40-30-32-43(33-31-40)55(41-24-12-4-13-25-41)44-34-35-48-46(36-44)45-28-16-17-29-47(45)56(48)42-26-14-5-15-27-42/h1-36H. The second-order valence-corrected chi connectivity index (χ2v) is 13.8. The van der Waals surface area contributed by atoms with E-state index in [1.165, 1.54) is 21.8 Å². The number of benzene rings is 8. The van der Waals surface area contributed by atoms with Crippen molar-refractivity contribution < 1.29 is 0 Å². The van der Waals surface area contributed by atoms with Gasteiger partial charge in [-0.05, 0) is 60.7 Å². The summed E-state index contributed by atoms with van der Waals surface area (Å²) in [6.45, 7) is 0. The fraction of sp³-hybridized carbons (Fsp3) is 0. The van der Waals surface area contributed by atoms with E-state index in [1.54, 1.807) is 0 Å². The Morgan fingerprint density at radius 2 is 0.696 bits per heavy atom. The first kappa shape index (κ1) is 33.0. The molecular formula is C52H36N4. The maximum absolute atomic E-state index is 5.47. The first-order chi connectivity index (χ1) is 27.8. The van der Waals surface area contributed by atoms with Gasteiger partial charge in [-0.1, -0.05) is 158 Å². The molecule has 2 aromatic heterocycles. The molecule has 4 nitrogen and oxygen atoms in total. The van der Waals surface area contributed by atoms with Gasteiger partial charge in [0.15, 0.2) is 0 Å². The quantitative estimate of drug-likeness (QED) is 0.157. The third-order valence-electron chi connectivity index (χ3n) is 10.4. The molecule has 0 bridgehead atoms. The van der Waals surface area contributed by atoms with E-state index in [-0.39, 0.29) is 0 Å². The van der Waals surface area contributed by atoms with Crippen LogP contribution in [0.4, 0.5) is 17.1 Å². The van der Waals surface area contributed by atoms with Crippen LogP contribution < -0.4 is 4.90 Å². The maximum Gasteiger partial charge on any atom is 0.0973 e. The predicted molar refractivity (Wildman–Crippen MR) is 233 cm³/mol. The van der Waals surface area contributed by atoms with Crippen LogP contribution in [0.3, 0.4) is 0 Å². The van der Waals surface area contributed by atoms with Crippen LogP contribution >= 0.6 is 0 Å². The van der Waals surface area contributed by atoms with Crippen molar-refractivity contribution in [1.82, 2.24) is 14.5 Å². The first-order valence-electron chi connectivity index (χ1n) is 18.9. The first-order valence-corrected chi connectivity index (χ1v) is 18.9. The van der Waals surface area contributed by atoms with Gasteiger partial charge in [-0.25, -0.2) is 9.97 Å². The second-order valence-electron chi connectivity index (χ2n) is 13.8. The van der Waals surface area contributed by atoms with Crippen molar-refractivity contribution in [2.75, 3.05) is 4.90 Å². The van der Waals surface area contributed by atoms with Gasteiger partial charge in [0.2, 0.25) is 0 Å². The van der Waals surface area contributed by atoms with E-state index >= 15 is 0 Å². The SMILES string of the molecule is c1ccc(-c2nc(-c3ccccc3)c(-c3ccc(N(c4ccccc4)c4ccc5c(c4)c4ccccc4n5-c4ccccc4)cc3)nc2-c2ccccc2)cc1. The molecule has 0 unspecified atom stereocenters. The van der Waals surface area contributed by atoms with Crippen molar-refractivity contribution in [1.29, 1.82) is 0 Å². The number of rotatable bonds is 8. The van der Waals surface area contributed by atoms with Crippen LogP contribution in [-0.4, -0.2) is 14.5 Å². The minimum Gasteiger partial charge on any atom is -0.310 e. The van der Waals surface area contributed by atoms with Crippen LogP contribution in [0.1, 0.15) is 0 Å². The molecule has 0 aliphatic carbocycles. The Balaban J connectivity index is 1.13. The Kier molecular flexibility index (Phi) is 8.47. The average molecular weight is 717 g/mol. The fourth-order valence-corrected chi connectivity index (χ4v) is 7.78. The molecule has 4 heteroatoms. The van der Waals surface area contributed by atoms with E-state index in [0.29, 0.717) is 0 Å². The molecule has 56 heavy (non-hydrogen) atoms. The number of anilines is 3. The molecule has 0 spiro atoms. The smallest absolute Gasteiger partial charge is 0.0973 e. The van der Waals surface area contributed by atoms with E-state index in [2.05, 4.69) is 210 Å². The van der Waals surface area contributed by atoms with Crippen LogP contribution in [0.25, 0.3) is 72.5 Å². The van der Waals surface area contributed by atoms with Gasteiger partial charge in [-0.3, -0.25) is 0 Å². The van der Waals surface area contributed by atoms with Crippen molar-refractivity contribution >= 4 is 38.9 Å². The molecule has 0 atom stereocenters. The van der Waals surface area contributed by atoms with Crippen molar-refractivity contribution in [2.45, 2.75) is 0 Å². The number of fused-ring (bicyclic) bond motifs is 3. The lowest BCUT2D eigenvalue weighted by Crippen LogP contribution is -2.10.